The standard InChI is InChI=1S/C22H17NO3/c24-21-19-9-5-4-8-17(19)18-11-10-15(14-20(18)21)22(25)23-12-13-26-16-6-2-1-3-7-16/h1-11,14H,12-13H2,(H,23,25). The smallest absolute Gasteiger partial charge is 0.251 e. The fraction of sp³-hybridized carbons (Fsp3) is 0.0909. The molecule has 0 aromatic heterocycles. The third kappa shape index (κ3) is 2.97. The number of nitrogens with one attached hydrogen (secondary N) is 1. The minimum atomic E-state index is -0.215. The third-order valence-electron chi connectivity index (χ3n) is 4.39. The molecule has 4 nitrogen and oxygen atoms in total. The van der Waals surface area contributed by atoms with Crippen molar-refractivity contribution in [3.05, 3.63) is 89.5 Å². The van der Waals surface area contributed by atoms with Gasteiger partial charge in [-0.3, -0.25) is 9.59 Å². The van der Waals surface area contributed by atoms with Crippen LogP contribution in [0, 0.1) is 0 Å². The second-order valence-corrected chi connectivity index (χ2v) is 6.05. The third-order valence-corrected chi connectivity index (χ3v) is 4.39. The van der Waals surface area contributed by atoms with Gasteiger partial charge in [-0.1, -0.05) is 48.5 Å². The SMILES string of the molecule is O=C(NCCOc1ccccc1)c1ccc2c(c1)C(=O)c1ccccc1-2. The molecule has 128 valence electrons. The first-order valence-corrected chi connectivity index (χ1v) is 8.48. The number of para-hydroxylation sites is 1. The second kappa shape index (κ2) is 6.84. The Labute approximate surface area is 151 Å². The summed E-state index contributed by atoms with van der Waals surface area (Å²) in [5.41, 5.74) is 3.56. The summed E-state index contributed by atoms with van der Waals surface area (Å²) in [6.07, 6.45) is 0. The van der Waals surface area contributed by atoms with Gasteiger partial charge in [0.05, 0.1) is 6.54 Å². The summed E-state index contributed by atoms with van der Waals surface area (Å²) in [6, 6.07) is 22.2. The van der Waals surface area contributed by atoms with E-state index in [2.05, 4.69) is 5.32 Å². The van der Waals surface area contributed by atoms with Gasteiger partial charge in [-0.05, 0) is 35.4 Å². The van der Waals surface area contributed by atoms with Crippen LogP contribution in [-0.4, -0.2) is 24.8 Å². The lowest BCUT2D eigenvalue weighted by Crippen LogP contribution is -2.28. The highest BCUT2D eigenvalue weighted by Crippen LogP contribution is 2.36. The van der Waals surface area contributed by atoms with Gasteiger partial charge >= 0.3 is 0 Å². The number of hydrogen-bond donors (Lipinski definition) is 1. The monoisotopic (exact) mass is 343 g/mol. The fourth-order valence-electron chi connectivity index (χ4n) is 3.12. The number of amides is 1. The van der Waals surface area contributed by atoms with Crippen molar-refractivity contribution >= 4 is 11.7 Å². The predicted octanol–water partition coefficient (Wildman–Crippen LogP) is 3.71. The number of benzene rings is 3. The number of ketones is 1. The van der Waals surface area contributed by atoms with Crippen LogP contribution in [0.25, 0.3) is 11.1 Å². The quantitative estimate of drug-likeness (QED) is 0.562. The van der Waals surface area contributed by atoms with E-state index in [9.17, 15) is 9.59 Å². The summed E-state index contributed by atoms with van der Waals surface area (Å²) in [5.74, 6) is 0.522. The molecule has 0 heterocycles. The Bertz CT molecular complexity index is 980. The maximum Gasteiger partial charge on any atom is 0.251 e. The van der Waals surface area contributed by atoms with Gasteiger partial charge in [-0.25, -0.2) is 0 Å². The van der Waals surface area contributed by atoms with Crippen molar-refractivity contribution in [3.8, 4) is 16.9 Å². The van der Waals surface area contributed by atoms with Crippen molar-refractivity contribution in [2.24, 2.45) is 0 Å². The molecule has 0 atom stereocenters. The lowest BCUT2D eigenvalue weighted by atomic mass is 10.0. The average Bonchev–Trinajstić information content (AvgIpc) is 2.98. The van der Waals surface area contributed by atoms with E-state index >= 15 is 0 Å². The van der Waals surface area contributed by atoms with Crippen LogP contribution >= 0.6 is 0 Å². The van der Waals surface area contributed by atoms with Crippen molar-refractivity contribution < 1.29 is 14.3 Å². The Hall–Kier alpha value is -3.40. The van der Waals surface area contributed by atoms with Gasteiger partial charge in [0.1, 0.15) is 12.4 Å². The molecule has 3 aromatic rings. The van der Waals surface area contributed by atoms with Gasteiger partial charge in [0.2, 0.25) is 0 Å². The Morgan fingerprint density at radius 2 is 1.50 bits per heavy atom. The molecule has 4 heteroatoms. The normalized spacial score (nSPS) is 11.6. The summed E-state index contributed by atoms with van der Waals surface area (Å²) in [6.45, 7) is 0.768. The predicted molar refractivity (Wildman–Crippen MR) is 99.6 cm³/mol. The molecular weight excluding hydrogens is 326 g/mol. The van der Waals surface area contributed by atoms with E-state index in [0.29, 0.717) is 29.8 Å². The van der Waals surface area contributed by atoms with E-state index in [0.717, 1.165) is 16.9 Å². The lowest BCUT2D eigenvalue weighted by molar-refractivity contribution is 0.0947. The largest absolute Gasteiger partial charge is 0.492 e. The zero-order chi connectivity index (χ0) is 17.9. The maximum atomic E-state index is 12.5. The molecule has 0 spiro atoms. The number of ether oxygens (including phenoxy) is 1. The molecule has 1 aliphatic carbocycles. The van der Waals surface area contributed by atoms with Crippen LogP contribution in [0.15, 0.2) is 72.8 Å². The molecule has 0 aliphatic heterocycles. The Balaban J connectivity index is 1.41. The van der Waals surface area contributed by atoms with Gasteiger partial charge in [0, 0.05) is 16.7 Å². The van der Waals surface area contributed by atoms with Crippen LogP contribution in [0.5, 0.6) is 5.75 Å². The van der Waals surface area contributed by atoms with E-state index in [-0.39, 0.29) is 11.7 Å². The molecule has 0 saturated carbocycles. The number of carbonyl (C=O) groups excluding carboxylic acids is 2. The van der Waals surface area contributed by atoms with Crippen molar-refractivity contribution in [2.75, 3.05) is 13.2 Å². The van der Waals surface area contributed by atoms with Crippen molar-refractivity contribution in [3.63, 3.8) is 0 Å². The van der Waals surface area contributed by atoms with E-state index in [4.69, 9.17) is 4.74 Å². The molecule has 0 bridgehead atoms. The molecule has 4 rings (SSSR count). The molecule has 0 fully saturated rings. The molecule has 26 heavy (non-hydrogen) atoms. The van der Waals surface area contributed by atoms with E-state index in [1.807, 2.05) is 60.7 Å². The van der Waals surface area contributed by atoms with Crippen LogP contribution in [-0.2, 0) is 0 Å². The first kappa shape index (κ1) is 16.1. The summed E-state index contributed by atoms with van der Waals surface area (Å²) in [4.78, 5) is 24.9. The van der Waals surface area contributed by atoms with E-state index < -0.39 is 0 Å². The minimum Gasteiger partial charge on any atom is -0.492 e. The second-order valence-electron chi connectivity index (χ2n) is 6.05. The number of hydrogen-bond acceptors (Lipinski definition) is 3. The van der Waals surface area contributed by atoms with Crippen LogP contribution in [0.1, 0.15) is 26.3 Å². The highest BCUT2D eigenvalue weighted by Gasteiger charge is 2.26. The van der Waals surface area contributed by atoms with Crippen molar-refractivity contribution in [1.29, 1.82) is 0 Å². The van der Waals surface area contributed by atoms with Gasteiger partial charge in [0.25, 0.3) is 5.91 Å². The summed E-state index contributed by atoms with van der Waals surface area (Å²) in [5, 5.41) is 2.82. The van der Waals surface area contributed by atoms with Crippen LogP contribution < -0.4 is 10.1 Å². The Morgan fingerprint density at radius 3 is 2.31 bits per heavy atom. The molecule has 0 unspecified atom stereocenters. The summed E-state index contributed by atoms with van der Waals surface area (Å²) in [7, 11) is 0. The number of rotatable bonds is 5. The van der Waals surface area contributed by atoms with Gasteiger partial charge < -0.3 is 10.1 Å². The Morgan fingerprint density at radius 1 is 0.808 bits per heavy atom. The fourth-order valence-corrected chi connectivity index (χ4v) is 3.12. The first-order chi connectivity index (χ1) is 12.7. The van der Waals surface area contributed by atoms with Crippen molar-refractivity contribution in [1.82, 2.24) is 5.32 Å². The lowest BCUT2D eigenvalue weighted by Gasteiger charge is -2.08. The average molecular weight is 343 g/mol. The van der Waals surface area contributed by atoms with Crippen LogP contribution in [0.4, 0.5) is 0 Å². The molecule has 3 aromatic carbocycles. The summed E-state index contributed by atoms with van der Waals surface area (Å²) >= 11 is 0. The molecular formula is C22H17NO3. The zero-order valence-corrected chi connectivity index (χ0v) is 14.1. The maximum absolute atomic E-state index is 12.5. The first-order valence-electron chi connectivity index (χ1n) is 8.48. The number of carbonyl (C=O) groups is 2. The topological polar surface area (TPSA) is 55.4 Å². The van der Waals surface area contributed by atoms with Gasteiger partial charge in [0.15, 0.2) is 5.78 Å². The molecule has 1 aliphatic rings. The van der Waals surface area contributed by atoms with Gasteiger partial charge in [-0.15, -0.1) is 0 Å². The van der Waals surface area contributed by atoms with E-state index in [1.54, 1.807) is 12.1 Å². The van der Waals surface area contributed by atoms with E-state index in [1.165, 1.54) is 0 Å². The molecule has 1 amide bonds. The van der Waals surface area contributed by atoms with Gasteiger partial charge in [-0.2, -0.15) is 0 Å². The molecule has 1 N–H and O–H groups in total. The van der Waals surface area contributed by atoms with Crippen LogP contribution in [0.3, 0.4) is 0 Å². The van der Waals surface area contributed by atoms with Crippen molar-refractivity contribution in [2.45, 2.75) is 0 Å². The highest BCUT2D eigenvalue weighted by molar-refractivity contribution is 6.22. The summed E-state index contributed by atoms with van der Waals surface area (Å²) < 4.78 is 5.56. The molecule has 0 saturated heterocycles. The molecule has 0 radical (unpaired) electrons. The zero-order valence-electron chi connectivity index (χ0n) is 14.1. The Kier molecular flexibility index (Phi) is 4.23. The number of fused-ring (bicyclic) bond motifs is 3. The van der Waals surface area contributed by atoms with Crippen LogP contribution in [0.2, 0.25) is 0 Å². The minimum absolute atomic E-state index is 0.0299. The highest BCUT2D eigenvalue weighted by atomic mass is 16.5.